The zero-order valence-corrected chi connectivity index (χ0v) is 17.0. The Kier molecular flexibility index (Phi) is 5.75. The normalized spacial score (nSPS) is 19.6. The Morgan fingerprint density at radius 1 is 1.41 bits per heavy atom. The molecule has 1 aromatic heterocycles. The van der Waals surface area contributed by atoms with Gasteiger partial charge in [0.15, 0.2) is 10.8 Å². The highest BCUT2D eigenvalue weighted by atomic mass is 35.5. The number of anilines is 1. The summed E-state index contributed by atoms with van der Waals surface area (Å²) in [5, 5.41) is 8.04. The van der Waals surface area contributed by atoms with Gasteiger partial charge in [0.2, 0.25) is 0 Å². The topological polar surface area (TPSA) is 164 Å². The predicted molar refractivity (Wildman–Crippen MR) is 105 cm³/mol. The van der Waals surface area contributed by atoms with Gasteiger partial charge in [0, 0.05) is 10.4 Å². The number of carbonyl (C=O) groups is 2. The van der Waals surface area contributed by atoms with Crippen molar-refractivity contribution in [3.8, 4) is 0 Å². The standard InChI is InChI=1S/C15H14ClN5O6S2/c1-27-20-10(9-6-28-15(17)18-9)13(22)19-11-12(7-2-4-8(16)5-3-7)21(14(11)23)29(24,25)26/h2-6,11-12H,1H3,(H2,17,18)(H,19,22)(H,24,25,26)/b20-10-. The van der Waals surface area contributed by atoms with Crippen molar-refractivity contribution in [1.29, 1.82) is 0 Å². The molecule has 3 rings (SSSR count). The average molecular weight is 460 g/mol. The van der Waals surface area contributed by atoms with Crippen molar-refractivity contribution < 1.29 is 27.4 Å². The van der Waals surface area contributed by atoms with Crippen LogP contribution in [0.4, 0.5) is 5.13 Å². The van der Waals surface area contributed by atoms with Crippen LogP contribution < -0.4 is 11.1 Å². The number of benzene rings is 1. The lowest BCUT2D eigenvalue weighted by molar-refractivity contribution is -0.145. The molecule has 2 unspecified atom stereocenters. The van der Waals surface area contributed by atoms with Crippen LogP contribution in [0.5, 0.6) is 0 Å². The Bertz CT molecular complexity index is 1080. The molecule has 1 aliphatic heterocycles. The summed E-state index contributed by atoms with van der Waals surface area (Å²) >= 11 is 6.90. The zero-order chi connectivity index (χ0) is 21.3. The number of carbonyl (C=O) groups excluding carboxylic acids is 2. The first-order chi connectivity index (χ1) is 13.6. The van der Waals surface area contributed by atoms with Crippen LogP contribution in [0.25, 0.3) is 0 Å². The molecule has 1 aromatic carbocycles. The van der Waals surface area contributed by atoms with E-state index in [1.54, 1.807) is 0 Å². The second-order valence-corrected chi connectivity index (χ2v) is 8.37. The second-order valence-electron chi connectivity index (χ2n) is 5.75. The van der Waals surface area contributed by atoms with Gasteiger partial charge in [-0.15, -0.1) is 11.3 Å². The minimum atomic E-state index is -4.85. The van der Waals surface area contributed by atoms with Crippen molar-refractivity contribution in [2.24, 2.45) is 5.16 Å². The molecule has 1 fully saturated rings. The molecule has 2 atom stereocenters. The van der Waals surface area contributed by atoms with Crippen molar-refractivity contribution >= 4 is 55.9 Å². The molecule has 0 bridgehead atoms. The van der Waals surface area contributed by atoms with E-state index in [-0.39, 0.29) is 20.8 Å². The maximum absolute atomic E-state index is 12.7. The summed E-state index contributed by atoms with van der Waals surface area (Å²) in [6.07, 6.45) is 0. The Morgan fingerprint density at radius 2 is 2.07 bits per heavy atom. The summed E-state index contributed by atoms with van der Waals surface area (Å²) in [5.74, 6) is -1.86. The highest BCUT2D eigenvalue weighted by Gasteiger charge is 2.55. The first-order valence-electron chi connectivity index (χ1n) is 7.83. The molecule has 2 aromatic rings. The smallest absolute Gasteiger partial charge is 0.362 e. The zero-order valence-electron chi connectivity index (χ0n) is 14.6. The molecular weight excluding hydrogens is 446 g/mol. The highest BCUT2D eigenvalue weighted by molar-refractivity contribution is 7.84. The van der Waals surface area contributed by atoms with E-state index in [0.717, 1.165) is 11.3 Å². The van der Waals surface area contributed by atoms with Gasteiger partial charge in [-0.2, -0.15) is 8.42 Å². The van der Waals surface area contributed by atoms with Gasteiger partial charge in [0.1, 0.15) is 24.9 Å². The van der Waals surface area contributed by atoms with Gasteiger partial charge in [-0.25, -0.2) is 9.29 Å². The number of nitrogen functional groups attached to an aromatic ring is 1. The molecule has 0 radical (unpaired) electrons. The number of nitrogens with two attached hydrogens (primary N) is 1. The lowest BCUT2D eigenvalue weighted by Crippen LogP contribution is -2.67. The third-order valence-corrected chi connectivity index (χ3v) is 5.79. The summed E-state index contributed by atoms with van der Waals surface area (Å²) in [5.41, 5.74) is 5.76. The SMILES string of the molecule is CO/N=C(\C(=O)NC1C(=O)N(S(=O)(=O)O)C1c1ccc(Cl)cc1)c1csc(N)n1. The lowest BCUT2D eigenvalue weighted by Gasteiger charge is -2.44. The Balaban J connectivity index is 1.91. The van der Waals surface area contributed by atoms with E-state index in [1.807, 2.05) is 0 Å². The molecule has 1 saturated heterocycles. The van der Waals surface area contributed by atoms with Gasteiger partial charge in [-0.1, -0.05) is 28.9 Å². The molecule has 1 aliphatic rings. The molecule has 0 saturated carbocycles. The van der Waals surface area contributed by atoms with E-state index in [1.165, 1.54) is 36.8 Å². The molecule has 0 spiro atoms. The van der Waals surface area contributed by atoms with Crippen LogP contribution in [0, 0.1) is 0 Å². The van der Waals surface area contributed by atoms with Gasteiger partial charge in [-0.05, 0) is 17.7 Å². The van der Waals surface area contributed by atoms with Crippen LogP contribution in [0.1, 0.15) is 17.3 Å². The molecule has 2 heterocycles. The summed E-state index contributed by atoms with van der Waals surface area (Å²) in [4.78, 5) is 33.6. The van der Waals surface area contributed by atoms with E-state index in [4.69, 9.17) is 17.3 Å². The Morgan fingerprint density at radius 3 is 2.59 bits per heavy atom. The summed E-state index contributed by atoms with van der Waals surface area (Å²) < 4.78 is 32.9. The molecule has 14 heteroatoms. The molecule has 2 amide bonds. The first-order valence-corrected chi connectivity index (χ1v) is 10.5. The fourth-order valence-corrected chi connectivity index (χ4v) is 4.30. The van der Waals surface area contributed by atoms with Crippen molar-refractivity contribution in [1.82, 2.24) is 14.6 Å². The molecule has 29 heavy (non-hydrogen) atoms. The van der Waals surface area contributed by atoms with Gasteiger partial charge in [0.05, 0.1) is 0 Å². The number of amides is 2. The van der Waals surface area contributed by atoms with Crippen molar-refractivity contribution in [2.45, 2.75) is 12.1 Å². The quantitative estimate of drug-likeness (QED) is 0.244. The van der Waals surface area contributed by atoms with Crippen molar-refractivity contribution in [3.05, 3.63) is 45.9 Å². The number of thiazole rings is 1. The maximum atomic E-state index is 12.7. The van der Waals surface area contributed by atoms with Crippen LogP contribution in [0.2, 0.25) is 5.02 Å². The number of rotatable bonds is 6. The number of nitrogens with zero attached hydrogens (tertiary/aromatic N) is 3. The minimum Gasteiger partial charge on any atom is -0.398 e. The number of hydrogen-bond donors (Lipinski definition) is 3. The number of β-lactam (4-membered cyclic amide) rings is 1. The van der Waals surface area contributed by atoms with Crippen LogP contribution >= 0.6 is 22.9 Å². The van der Waals surface area contributed by atoms with E-state index in [9.17, 15) is 22.6 Å². The maximum Gasteiger partial charge on any atom is 0.362 e. The van der Waals surface area contributed by atoms with E-state index < -0.39 is 34.2 Å². The lowest BCUT2D eigenvalue weighted by atomic mass is 9.91. The first kappa shape index (κ1) is 21.0. The number of aromatic nitrogens is 1. The summed E-state index contributed by atoms with van der Waals surface area (Å²) in [6.45, 7) is 0. The fourth-order valence-electron chi connectivity index (χ4n) is 2.75. The van der Waals surface area contributed by atoms with Crippen LogP contribution in [0.15, 0.2) is 34.8 Å². The number of hydrogen-bond acceptors (Lipinski definition) is 9. The van der Waals surface area contributed by atoms with Gasteiger partial charge in [-0.3, -0.25) is 14.1 Å². The Labute approximate surface area is 174 Å². The molecule has 0 aliphatic carbocycles. The predicted octanol–water partition coefficient (Wildman–Crippen LogP) is 0.600. The van der Waals surface area contributed by atoms with Crippen LogP contribution in [-0.2, 0) is 24.7 Å². The van der Waals surface area contributed by atoms with E-state index >= 15 is 0 Å². The van der Waals surface area contributed by atoms with E-state index in [0.29, 0.717) is 10.6 Å². The minimum absolute atomic E-state index is 0.119. The number of oxime groups is 1. The number of nitrogens with one attached hydrogen (secondary N) is 1. The second kappa shape index (κ2) is 7.94. The molecule has 4 N–H and O–H groups in total. The molecule has 154 valence electrons. The van der Waals surface area contributed by atoms with Crippen LogP contribution in [-0.4, -0.2) is 52.9 Å². The molecular formula is C15H14ClN5O6S2. The molecule has 11 nitrogen and oxygen atoms in total. The van der Waals surface area contributed by atoms with Crippen molar-refractivity contribution in [3.63, 3.8) is 0 Å². The van der Waals surface area contributed by atoms with Gasteiger partial charge >= 0.3 is 10.3 Å². The van der Waals surface area contributed by atoms with Gasteiger partial charge in [0.25, 0.3) is 11.8 Å². The number of halogens is 1. The summed E-state index contributed by atoms with van der Waals surface area (Å²) in [6, 6.07) is 3.45. The average Bonchev–Trinajstić information content (AvgIpc) is 3.07. The monoisotopic (exact) mass is 459 g/mol. The largest absolute Gasteiger partial charge is 0.398 e. The fraction of sp³-hybridized carbons (Fsp3) is 0.200. The summed E-state index contributed by atoms with van der Waals surface area (Å²) in [7, 11) is -3.64. The van der Waals surface area contributed by atoms with E-state index in [2.05, 4.69) is 20.3 Å². The third kappa shape index (κ3) is 4.17. The third-order valence-electron chi connectivity index (χ3n) is 3.96. The van der Waals surface area contributed by atoms with Crippen LogP contribution in [0.3, 0.4) is 0 Å². The van der Waals surface area contributed by atoms with Crippen molar-refractivity contribution in [2.75, 3.05) is 12.8 Å². The highest BCUT2D eigenvalue weighted by Crippen LogP contribution is 2.37. The Hall–Kier alpha value is -2.74. The van der Waals surface area contributed by atoms with Gasteiger partial charge < -0.3 is 15.9 Å².